The van der Waals surface area contributed by atoms with Crippen LogP contribution in [0.1, 0.15) is 28.9 Å². The molecule has 3 rings (SSSR count). The van der Waals surface area contributed by atoms with E-state index in [1.807, 2.05) is 31.1 Å². The standard InChI is InChI=1S/C26H31ClFN5O4/c1-33(2)10-12-37-11-9-19(26(35)36)14-21(30-25(34)24-16-29-32-31-24)13-17-3-5-18(6-4-17)22-15-20(27)7-8-23(22)28/h3-8,15-16,19,21H,9-14H2,1-2H3,(H,30,34)(H,35,36)(H,29,31,32)/t19-,21-/m1/s1. The highest BCUT2D eigenvalue weighted by Gasteiger charge is 2.25. The van der Waals surface area contributed by atoms with Gasteiger partial charge in [-0.1, -0.05) is 41.1 Å². The topological polar surface area (TPSA) is 120 Å². The first-order valence-electron chi connectivity index (χ1n) is 11.9. The van der Waals surface area contributed by atoms with Crippen LogP contribution < -0.4 is 5.32 Å². The molecule has 3 aromatic rings. The zero-order valence-electron chi connectivity index (χ0n) is 20.8. The normalized spacial score (nSPS) is 12.9. The van der Waals surface area contributed by atoms with Gasteiger partial charge in [0.15, 0.2) is 5.69 Å². The van der Waals surface area contributed by atoms with Crippen LogP contribution in [0.5, 0.6) is 0 Å². The largest absolute Gasteiger partial charge is 0.481 e. The van der Waals surface area contributed by atoms with Crippen LogP contribution in [-0.2, 0) is 16.0 Å². The van der Waals surface area contributed by atoms with Gasteiger partial charge >= 0.3 is 5.97 Å². The van der Waals surface area contributed by atoms with Gasteiger partial charge in [0.25, 0.3) is 5.91 Å². The van der Waals surface area contributed by atoms with Crippen LogP contribution in [0.15, 0.2) is 48.7 Å². The number of benzene rings is 2. The van der Waals surface area contributed by atoms with E-state index in [9.17, 15) is 19.1 Å². The fourth-order valence-corrected chi connectivity index (χ4v) is 4.02. The average Bonchev–Trinajstić information content (AvgIpc) is 3.40. The number of nitrogens with one attached hydrogen (secondary N) is 2. The Morgan fingerprint density at radius 1 is 1.19 bits per heavy atom. The Kier molecular flexibility index (Phi) is 10.6. The molecule has 0 radical (unpaired) electrons. The molecule has 2 atom stereocenters. The first kappa shape index (κ1) is 28.2. The van der Waals surface area contributed by atoms with Gasteiger partial charge in [-0.3, -0.25) is 14.7 Å². The molecule has 0 aliphatic heterocycles. The first-order valence-corrected chi connectivity index (χ1v) is 12.3. The van der Waals surface area contributed by atoms with E-state index in [0.29, 0.717) is 42.2 Å². The summed E-state index contributed by atoms with van der Waals surface area (Å²) in [5, 5.41) is 22.9. The van der Waals surface area contributed by atoms with Gasteiger partial charge in [-0.2, -0.15) is 0 Å². The molecule has 0 unspecified atom stereocenters. The third kappa shape index (κ3) is 8.92. The van der Waals surface area contributed by atoms with Gasteiger partial charge in [0.2, 0.25) is 0 Å². The van der Waals surface area contributed by atoms with Gasteiger partial charge in [0.05, 0.1) is 18.7 Å². The molecule has 0 bridgehead atoms. The first-order chi connectivity index (χ1) is 17.7. The molecule has 2 aromatic carbocycles. The number of likely N-dealkylation sites (N-methyl/N-ethyl adjacent to an activating group) is 1. The number of H-pyrrole nitrogens is 1. The Bertz CT molecular complexity index is 1160. The molecule has 1 heterocycles. The minimum Gasteiger partial charge on any atom is -0.481 e. The fourth-order valence-electron chi connectivity index (χ4n) is 3.85. The predicted octanol–water partition coefficient (Wildman–Crippen LogP) is 3.66. The predicted molar refractivity (Wildman–Crippen MR) is 138 cm³/mol. The number of amides is 1. The molecule has 1 amide bonds. The van der Waals surface area contributed by atoms with Gasteiger partial charge in [0.1, 0.15) is 5.82 Å². The second-order valence-electron chi connectivity index (χ2n) is 9.03. The van der Waals surface area contributed by atoms with Gasteiger partial charge in [-0.05, 0) is 62.7 Å². The number of rotatable bonds is 14. The summed E-state index contributed by atoms with van der Waals surface area (Å²) >= 11 is 6.02. The van der Waals surface area contributed by atoms with Crippen LogP contribution in [0, 0.1) is 11.7 Å². The van der Waals surface area contributed by atoms with Crippen LogP contribution in [0.2, 0.25) is 5.02 Å². The Morgan fingerprint density at radius 3 is 2.59 bits per heavy atom. The van der Waals surface area contributed by atoms with Crippen LogP contribution in [0.4, 0.5) is 4.39 Å². The highest BCUT2D eigenvalue weighted by atomic mass is 35.5. The van der Waals surface area contributed by atoms with E-state index in [-0.39, 0.29) is 17.9 Å². The van der Waals surface area contributed by atoms with Crippen molar-refractivity contribution in [2.75, 3.05) is 33.9 Å². The summed E-state index contributed by atoms with van der Waals surface area (Å²) in [6, 6.07) is 11.1. The van der Waals surface area contributed by atoms with Gasteiger partial charge in [0, 0.05) is 29.8 Å². The summed E-state index contributed by atoms with van der Waals surface area (Å²) in [5.41, 5.74) is 2.00. The zero-order chi connectivity index (χ0) is 26.8. The van der Waals surface area contributed by atoms with Crippen molar-refractivity contribution < 1.29 is 23.8 Å². The number of nitrogens with zero attached hydrogens (tertiary/aromatic N) is 3. The lowest BCUT2D eigenvalue weighted by molar-refractivity contribution is -0.143. The number of aliphatic carboxylic acids is 1. The summed E-state index contributed by atoms with van der Waals surface area (Å²) in [4.78, 5) is 26.6. The fraction of sp³-hybridized carbons (Fsp3) is 0.385. The number of ether oxygens (including phenoxy) is 1. The van der Waals surface area contributed by atoms with Crippen molar-refractivity contribution in [3.8, 4) is 11.1 Å². The molecule has 3 N–H and O–H groups in total. The number of aromatic nitrogens is 3. The molecule has 9 nitrogen and oxygen atoms in total. The summed E-state index contributed by atoms with van der Waals surface area (Å²) < 4.78 is 19.8. The van der Waals surface area contributed by atoms with Crippen molar-refractivity contribution >= 4 is 23.5 Å². The molecular weight excluding hydrogens is 501 g/mol. The number of halogens is 2. The minimum absolute atomic E-state index is 0.107. The quantitative estimate of drug-likeness (QED) is 0.271. The van der Waals surface area contributed by atoms with Crippen molar-refractivity contribution in [2.24, 2.45) is 5.92 Å². The van der Waals surface area contributed by atoms with Crippen molar-refractivity contribution in [3.63, 3.8) is 0 Å². The van der Waals surface area contributed by atoms with Crippen molar-refractivity contribution in [1.82, 2.24) is 25.6 Å². The zero-order valence-corrected chi connectivity index (χ0v) is 21.5. The van der Waals surface area contributed by atoms with Crippen molar-refractivity contribution in [3.05, 3.63) is 70.8 Å². The number of aromatic amines is 1. The number of hydrogen-bond acceptors (Lipinski definition) is 6. The molecule has 0 spiro atoms. The summed E-state index contributed by atoms with van der Waals surface area (Å²) in [6.07, 6.45) is 2.24. The maximum Gasteiger partial charge on any atom is 0.306 e. The summed E-state index contributed by atoms with van der Waals surface area (Å²) in [5.74, 6) is -2.51. The molecule has 198 valence electrons. The number of carbonyl (C=O) groups excluding carboxylic acids is 1. The third-order valence-electron chi connectivity index (χ3n) is 5.87. The molecule has 11 heteroatoms. The monoisotopic (exact) mass is 531 g/mol. The van der Waals surface area contributed by atoms with E-state index >= 15 is 0 Å². The average molecular weight is 532 g/mol. The Hall–Kier alpha value is -3.34. The van der Waals surface area contributed by atoms with Crippen molar-refractivity contribution in [2.45, 2.75) is 25.3 Å². The molecule has 0 saturated heterocycles. The minimum atomic E-state index is -0.955. The van der Waals surface area contributed by atoms with E-state index in [4.69, 9.17) is 16.3 Å². The van der Waals surface area contributed by atoms with Crippen LogP contribution in [0.25, 0.3) is 11.1 Å². The molecular formula is C26H31ClFN5O4. The number of carbonyl (C=O) groups is 2. The van der Waals surface area contributed by atoms with E-state index in [2.05, 4.69) is 20.7 Å². The lowest BCUT2D eigenvalue weighted by atomic mass is 9.92. The second-order valence-corrected chi connectivity index (χ2v) is 9.47. The van der Waals surface area contributed by atoms with E-state index < -0.39 is 23.8 Å². The van der Waals surface area contributed by atoms with Crippen LogP contribution >= 0.6 is 11.6 Å². The van der Waals surface area contributed by atoms with E-state index in [0.717, 1.165) is 12.1 Å². The number of carboxylic acid groups (broad SMARTS) is 1. The maximum atomic E-state index is 14.3. The van der Waals surface area contributed by atoms with Gasteiger partial charge in [-0.15, -0.1) is 5.10 Å². The molecule has 0 saturated carbocycles. The number of carboxylic acids is 1. The lowest BCUT2D eigenvalue weighted by Gasteiger charge is -2.22. The summed E-state index contributed by atoms with van der Waals surface area (Å²) in [7, 11) is 3.87. The molecule has 0 fully saturated rings. The third-order valence-corrected chi connectivity index (χ3v) is 6.11. The van der Waals surface area contributed by atoms with Gasteiger partial charge in [-0.25, -0.2) is 4.39 Å². The van der Waals surface area contributed by atoms with E-state index in [1.165, 1.54) is 18.3 Å². The highest BCUT2D eigenvalue weighted by molar-refractivity contribution is 6.30. The smallest absolute Gasteiger partial charge is 0.306 e. The van der Waals surface area contributed by atoms with Crippen LogP contribution in [-0.4, -0.2) is 77.2 Å². The highest BCUT2D eigenvalue weighted by Crippen LogP contribution is 2.27. The van der Waals surface area contributed by atoms with Crippen LogP contribution in [0.3, 0.4) is 0 Å². The maximum absolute atomic E-state index is 14.3. The molecule has 0 aliphatic carbocycles. The Morgan fingerprint density at radius 2 is 1.95 bits per heavy atom. The molecule has 37 heavy (non-hydrogen) atoms. The van der Waals surface area contributed by atoms with E-state index in [1.54, 1.807) is 18.2 Å². The van der Waals surface area contributed by atoms with Crippen molar-refractivity contribution in [1.29, 1.82) is 0 Å². The Labute approximate surface area is 220 Å². The second kappa shape index (κ2) is 13.8. The number of hydrogen-bond donors (Lipinski definition) is 3. The Balaban J connectivity index is 1.71. The SMILES string of the molecule is CN(C)CCOCC[C@H](C[C@@H](Cc1ccc(-c2cc(Cl)ccc2F)cc1)NC(=O)c1c[nH]nn1)C(=O)O. The summed E-state index contributed by atoms with van der Waals surface area (Å²) in [6.45, 7) is 1.54. The lowest BCUT2D eigenvalue weighted by Crippen LogP contribution is -2.39. The molecule has 1 aromatic heterocycles. The molecule has 0 aliphatic rings. The van der Waals surface area contributed by atoms with Gasteiger partial charge < -0.3 is 20.1 Å².